The number of aryl methyl sites for hydroxylation is 2. The summed E-state index contributed by atoms with van der Waals surface area (Å²) in [6.45, 7) is 5.74. The van der Waals surface area contributed by atoms with E-state index in [2.05, 4.69) is 5.16 Å². The molecule has 5 nitrogen and oxygen atoms in total. The molecule has 0 aliphatic carbocycles. The first kappa shape index (κ1) is 17.4. The largest absolute Gasteiger partial charge is 0.496 e. The lowest BCUT2D eigenvalue weighted by Crippen LogP contribution is -2.06. The number of ketones is 1. The summed E-state index contributed by atoms with van der Waals surface area (Å²) in [5.41, 5.74) is 2.54. The zero-order valence-corrected chi connectivity index (χ0v) is 15.5. The van der Waals surface area contributed by atoms with Crippen LogP contribution in [0.2, 0.25) is 0 Å². The van der Waals surface area contributed by atoms with Crippen molar-refractivity contribution in [1.29, 1.82) is 0 Å². The summed E-state index contributed by atoms with van der Waals surface area (Å²) in [6, 6.07) is 11.5. The van der Waals surface area contributed by atoms with Crippen LogP contribution in [0.5, 0.6) is 5.75 Å². The minimum atomic E-state index is 0.0791. The van der Waals surface area contributed by atoms with E-state index in [0.717, 1.165) is 27.8 Å². The van der Waals surface area contributed by atoms with Gasteiger partial charge < -0.3 is 9.26 Å². The zero-order chi connectivity index (χ0) is 18.0. The van der Waals surface area contributed by atoms with Crippen LogP contribution in [0.3, 0.4) is 0 Å². The van der Waals surface area contributed by atoms with Gasteiger partial charge in [-0.2, -0.15) is 0 Å². The van der Waals surface area contributed by atoms with Crippen molar-refractivity contribution in [3.63, 3.8) is 0 Å². The number of benzene rings is 1. The van der Waals surface area contributed by atoms with Crippen molar-refractivity contribution in [2.75, 3.05) is 12.9 Å². The Morgan fingerprint density at radius 3 is 2.68 bits per heavy atom. The summed E-state index contributed by atoms with van der Waals surface area (Å²) in [6.07, 6.45) is 0. The fourth-order valence-corrected chi connectivity index (χ4v) is 3.73. The molecule has 25 heavy (non-hydrogen) atoms. The standard InChI is InChI=1S/C19H20N2O3S/c1-12-9-15(14(3)21(12)19-10-13(2)24-20-19)16(22)11-25-18-8-6-5-7-17(18)23-4/h5-10H,11H2,1-4H3. The first-order valence-corrected chi connectivity index (χ1v) is 8.91. The number of aromatic nitrogens is 2. The lowest BCUT2D eigenvalue weighted by atomic mass is 10.2. The van der Waals surface area contributed by atoms with E-state index in [4.69, 9.17) is 9.26 Å². The van der Waals surface area contributed by atoms with Gasteiger partial charge in [-0.3, -0.25) is 9.36 Å². The Labute approximate surface area is 151 Å². The van der Waals surface area contributed by atoms with Crippen molar-refractivity contribution < 1.29 is 14.1 Å². The van der Waals surface area contributed by atoms with Gasteiger partial charge in [0, 0.05) is 27.9 Å². The Hall–Kier alpha value is -2.47. The van der Waals surface area contributed by atoms with Crippen molar-refractivity contribution in [2.45, 2.75) is 25.7 Å². The van der Waals surface area contributed by atoms with E-state index in [1.807, 2.05) is 61.7 Å². The summed E-state index contributed by atoms with van der Waals surface area (Å²) in [7, 11) is 1.63. The Kier molecular flexibility index (Phi) is 4.99. The molecule has 0 N–H and O–H groups in total. The predicted molar refractivity (Wildman–Crippen MR) is 98.1 cm³/mol. The normalized spacial score (nSPS) is 10.9. The van der Waals surface area contributed by atoms with Crippen LogP contribution >= 0.6 is 11.8 Å². The third kappa shape index (κ3) is 3.49. The van der Waals surface area contributed by atoms with Crippen molar-refractivity contribution in [3.8, 4) is 11.6 Å². The lowest BCUT2D eigenvalue weighted by molar-refractivity contribution is 0.102. The molecule has 0 unspecified atom stereocenters. The summed E-state index contributed by atoms with van der Waals surface area (Å²) in [5.74, 6) is 2.65. The molecule has 1 aromatic carbocycles. The predicted octanol–water partition coefficient (Wildman–Crippen LogP) is 4.37. The van der Waals surface area contributed by atoms with Gasteiger partial charge in [0.2, 0.25) is 0 Å². The minimum Gasteiger partial charge on any atom is -0.496 e. The van der Waals surface area contributed by atoms with Crippen LogP contribution in [0.25, 0.3) is 5.82 Å². The topological polar surface area (TPSA) is 57.3 Å². The third-order valence-corrected chi connectivity index (χ3v) is 5.06. The van der Waals surface area contributed by atoms with Gasteiger partial charge >= 0.3 is 0 Å². The van der Waals surface area contributed by atoms with E-state index < -0.39 is 0 Å². The average molecular weight is 356 g/mol. The smallest absolute Gasteiger partial charge is 0.180 e. The highest BCUT2D eigenvalue weighted by atomic mass is 32.2. The van der Waals surface area contributed by atoms with Crippen molar-refractivity contribution in [1.82, 2.24) is 9.72 Å². The Morgan fingerprint density at radius 2 is 2.00 bits per heavy atom. The molecule has 6 heteroatoms. The number of thioether (sulfide) groups is 1. The molecule has 0 aliphatic rings. The molecule has 0 saturated carbocycles. The highest BCUT2D eigenvalue weighted by Gasteiger charge is 2.19. The average Bonchev–Trinajstić information content (AvgIpc) is 3.15. The second-order valence-corrected chi connectivity index (χ2v) is 6.80. The van der Waals surface area contributed by atoms with Gasteiger partial charge in [0.15, 0.2) is 11.6 Å². The van der Waals surface area contributed by atoms with Crippen LogP contribution in [-0.2, 0) is 0 Å². The van der Waals surface area contributed by atoms with Crippen LogP contribution in [-0.4, -0.2) is 28.4 Å². The van der Waals surface area contributed by atoms with Gasteiger partial charge in [-0.05, 0) is 39.0 Å². The van der Waals surface area contributed by atoms with Gasteiger partial charge in [0.1, 0.15) is 11.5 Å². The van der Waals surface area contributed by atoms with Gasteiger partial charge in [0.05, 0.1) is 12.9 Å². The quantitative estimate of drug-likeness (QED) is 0.485. The van der Waals surface area contributed by atoms with Gasteiger partial charge in [-0.25, -0.2) is 0 Å². The fourth-order valence-electron chi connectivity index (χ4n) is 2.82. The lowest BCUT2D eigenvalue weighted by Gasteiger charge is -2.07. The highest BCUT2D eigenvalue weighted by molar-refractivity contribution is 8.00. The zero-order valence-electron chi connectivity index (χ0n) is 14.7. The van der Waals surface area contributed by atoms with Crippen molar-refractivity contribution in [2.24, 2.45) is 0 Å². The SMILES string of the molecule is COc1ccccc1SCC(=O)c1cc(C)n(-c2cc(C)on2)c1C. The van der Waals surface area contributed by atoms with E-state index in [0.29, 0.717) is 17.1 Å². The molecule has 2 aromatic heterocycles. The van der Waals surface area contributed by atoms with E-state index in [9.17, 15) is 4.79 Å². The van der Waals surface area contributed by atoms with E-state index in [1.54, 1.807) is 7.11 Å². The summed E-state index contributed by atoms with van der Waals surface area (Å²) in [4.78, 5) is 13.7. The molecule has 2 heterocycles. The van der Waals surface area contributed by atoms with Crippen LogP contribution in [0.4, 0.5) is 0 Å². The molecule has 0 atom stereocenters. The fraction of sp³-hybridized carbons (Fsp3) is 0.263. The maximum atomic E-state index is 12.7. The number of methoxy groups -OCH3 is 1. The molecule has 0 radical (unpaired) electrons. The first-order chi connectivity index (χ1) is 12.0. The van der Waals surface area contributed by atoms with Crippen molar-refractivity contribution >= 4 is 17.5 Å². The number of rotatable bonds is 6. The second kappa shape index (κ2) is 7.19. The number of ether oxygens (including phenoxy) is 1. The summed E-state index contributed by atoms with van der Waals surface area (Å²) in [5, 5.41) is 4.05. The van der Waals surface area contributed by atoms with Crippen LogP contribution in [0.15, 0.2) is 45.8 Å². The number of carbonyl (C=O) groups is 1. The Balaban J connectivity index is 1.81. The van der Waals surface area contributed by atoms with Gasteiger partial charge in [0.25, 0.3) is 0 Å². The number of hydrogen-bond acceptors (Lipinski definition) is 5. The third-order valence-electron chi connectivity index (χ3n) is 4.00. The molecule has 3 aromatic rings. The van der Waals surface area contributed by atoms with E-state index >= 15 is 0 Å². The maximum absolute atomic E-state index is 12.7. The summed E-state index contributed by atoms with van der Waals surface area (Å²) >= 11 is 1.48. The molecule has 130 valence electrons. The summed E-state index contributed by atoms with van der Waals surface area (Å²) < 4.78 is 12.4. The maximum Gasteiger partial charge on any atom is 0.180 e. The minimum absolute atomic E-state index is 0.0791. The number of carbonyl (C=O) groups excluding carboxylic acids is 1. The number of nitrogens with zero attached hydrogens (tertiary/aromatic N) is 2. The monoisotopic (exact) mass is 356 g/mol. The Morgan fingerprint density at radius 1 is 1.24 bits per heavy atom. The van der Waals surface area contributed by atoms with Gasteiger partial charge in [-0.1, -0.05) is 17.3 Å². The van der Waals surface area contributed by atoms with Crippen LogP contribution < -0.4 is 4.74 Å². The number of Topliss-reactive ketones (excluding diaryl/α,β-unsaturated/α-hetero) is 1. The molecule has 3 rings (SSSR count). The van der Waals surface area contributed by atoms with Crippen LogP contribution in [0.1, 0.15) is 27.5 Å². The van der Waals surface area contributed by atoms with Crippen molar-refractivity contribution in [3.05, 3.63) is 59.1 Å². The Bertz CT molecular complexity index is 911. The molecular formula is C19H20N2O3S. The molecule has 0 fully saturated rings. The van der Waals surface area contributed by atoms with E-state index in [-0.39, 0.29) is 5.78 Å². The second-order valence-electron chi connectivity index (χ2n) is 5.78. The number of hydrogen-bond donors (Lipinski definition) is 0. The molecule has 0 saturated heterocycles. The molecule has 0 amide bonds. The molecule has 0 spiro atoms. The van der Waals surface area contributed by atoms with Gasteiger partial charge in [-0.15, -0.1) is 11.8 Å². The molecular weight excluding hydrogens is 336 g/mol. The van der Waals surface area contributed by atoms with E-state index in [1.165, 1.54) is 11.8 Å². The van der Waals surface area contributed by atoms with Crippen LogP contribution in [0, 0.1) is 20.8 Å². The highest BCUT2D eigenvalue weighted by Crippen LogP contribution is 2.30. The number of para-hydroxylation sites is 1. The molecule has 0 bridgehead atoms. The molecule has 0 aliphatic heterocycles. The first-order valence-electron chi connectivity index (χ1n) is 7.93.